The van der Waals surface area contributed by atoms with Gasteiger partial charge in [0.2, 0.25) is 0 Å². The molecule has 0 aliphatic heterocycles. The van der Waals surface area contributed by atoms with Gasteiger partial charge in [-0.3, -0.25) is 5.32 Å². The topological polar surface area (TPSA) is 115 Å². The maximum Gasteiger partial charge on any atom is 0.412 e. The third kappa shape index (κ3) is 6.34. The molecule has 0 bridgehead atoms. The van der Waals surface area contributed by atoms with Gasteiger partial charge in [0.1, 0.15) is 5.60 Å². The fraction of sp³-hybridized carbons (Fsp3) is 0.500. The largest absolute Gasteiger partial charge is 0.444 e. The molecule has 1 atom stereocenters. The Bertz CT molecular complexity index is 623. The van der Waals surface area contributed by atoms with Crippen LogP contribution in [0.3, 0.4) is 0 Å². The highest BCUT2D eigenvalue weighted by Crippen LogP contribution is 2.32. The first-order valence-corrected chi connectivity index (χ1v) is 7.79. The van der Waals surface area contributed by atoms with Crippen molar-refractivity contribution in [3.05, 3.63) is 28.3 Å². The summed E-state index contributed by atoms with van der Waals surface area (Å²) in [7, 11) is 0. The number of anilines is 1. The molecule has 0 aliphatic rings. The number of hydrogen-bond acceptors (Lipinski definition) is 6. The van der Waals surface area contributed by atoms with E-state index in [9.17, 15) is 9.90 Å². The Balaban J connectivity index is 3.03. The molecule has 0 radical (unpaired) electrons. The van der Waals surface area contributed by atoms with E-state index in [0.717, 1.165) is 0 Å². The predicted molar refractivity (Wildman–Crippen MR) is 90.9 cm³/mol. The molecule has 0 aromatic heterocycles. The molecular formula is C16H22ClN3O4. The molecule has 1 aromatic carbocycles. The first-order chi connectivity index (χ1) is 11.2. The first-order valence-electron chi connectivity index (χ1n) is 7.41. The summed E-state index contributed by atoms with van der Waals surface area (Å²) in [5, 5.41) is 33.5. The van der Waals surface area contributed by atoms with Gasteiger partial charge in [-0.1, -0.05) is 11.6 Å². The van der Waals surface area contributed by atoms with Crippen molar-refractivity contribution in [3.63, 3.8) is 0 Å². The zero-order chi connectivity index (χ0) is 18.3. The molecule has 1 rings (SSSR count). The number of nitrogens with zero attached hydrogens (tertiary/aromatic N) is 1. The van der Waals surface area contributed by atoms with Crippen molar-refractivity contribution >= 4 is 23.4 Å². The first kappa shape index (κ1) is 20.2. The Kier molecular flexibility index (Phi) is 7.45. The fourth-order valence-corrected chi connectivity index (χ4v) is 2.17. The van der Waals surface area contributed by atoms with Crippen LogP contribution in [-0.2, 0) is 4.74 Å². The zero-order valence-corrected chi connectivity index (χ0v) is 14.6. The molecule has 0 saturated carbocycles. The molecule has 7 nitrogen and oxygen atoms in total. The van der Waals surface area contributed by atoms with Crippen molar-refractivity contribution in [2.45, 2.75) is 32.5 Å². The number of carbonyl (C=O) groups excluding carboxylic acids is 1. The van der Waals surface area contributed by atoms with Crippen LogP contribution in [0.4, 0.5) is 10.5 Å². The number of rotatable bonds is 6. The number of hydrogen-bond donors (Lipinski definition) is 4. The van der Waals surface area contributed by atoms with Gasteiger partial charge in [0, 0.05) is 18.7 Å². The van der Waals surface area contributed by atoms with Crippen molar-refractivity contribution in [2.24, 2.45) is 0 Å². The van der Waals surface area contributed by atoms with Gasteiger partial charge in [-0.2, -0.15) is 5.26 Å². The van der Waals surface area contributed by atoms with E-state index < -0.39 is 17.8 Å². The van der Waals surface area contributed by atoms with Crippen LogP contribution in [-0.4, -0.2) is 41.6 Å². The van der Waals surface area contributed by atoms with Gasteiger partial charge in [0.05, 0.1) is 35.1 Å². The Morgan fingerprint density at radius 2 is 2.12 bits per heavy atom. The lowest BCUT2D eigenvalue weighted by atomic mass is 10.0. The second-order valence-electron chi connectivity index (χ2n) is 6.11. The lowest BCUT2D eigenvalue weighted by Crippen LogP contribution is -2.27. The van der Waals surface area contributed by atoms with Crippen molar-refractivity contribution in [2.75, 3.05) is 25.0 Å². The summed E-state index contributed by atoms with van der Waals surface area (Å²) in [5.41, 5.74) is 0.0370. The minimum Gasteiger partial charge on any atom is -0.444 e. The van der Waals surface area contributed by atoms with Gasteiger partial charge in [0.15, 0.2) is 0 Å². The van der Waals surface area contributed by atoms with Gasteiger partial charge in [-0.15, -0.1) is 0 Å². The normalized spacial score (nSPS) is 12.4. The Labute approximate surface area is 146 Å². The number of ether oxygens (including phenoxy) is 1. The van der Waals surface area contributed by atoms with E-state index >= 15 is 0 Å². The summed E-state index contributed by atoms with van der Waals surface area (Å²) >= 11 is 6.24. The third-order valence-electron chi connectivity index (χ3n) is 2.85. The molecule has 1 amide bonds. The molecule has 8 heteroatoms. The number of aliphatic hydroxyl groups excluding tert-OH is 2. The number of halogens is 1. The summed E-state index contributed by atoms with van der Waals surface area (Å²) in [6.07, 6.45) is -1.71. The molecule has 1 unspecified atom stereocenters. The number of carbonyl (C=O) groups is 1. The molecule has 0 aliphatic carbocycles. The van der Waals surface area contributed by atoms with Crippen molar-refractivity contribution in [3.8, 4) is 6.07 Å². The Morgan fingerprint density at radius 3 is 2.67 bits per heavy atom. The predicted octanol–water partition coefficient (Wildman–Crippen LogP) is 2.17. The summed E-state index contributed by atoms with van der Waals surface area (Å²) in [6.45, 7) is 5.56. The van der Waals surface area contributed by atoms with Crippen LogP contribution in [0, 0.1) is 11.3 Å². The van der Waals surface area contributed by atoms with Crippen molar-refractivity contribution in [1.82, 2.24) is 5.32 Å². The molecular weight excluding hydrogens is 334 g/mol. The van der Waals surface area contributed by atoms with Gasteiger partial charge >= 0.3 is 6.09 Å². The minimum absolute atomic E-state index is 0.0653. The van der Waals surface area contributed by atoms with Gasteiger partial charge in [0.25, 0.3) is 0 Å². The van der Waals surface area contributed by atoms with Crippen LogP contribution >= 0.6 is 11.6 Å². The second-order valence-corrected chi connectivity index (χ2v) is 6.49. The minimum atomic E-state index is -1.00. The molecule has 132 valence electrons. The summed E-state index contributed by atoms with van der Waals surface area (Å²) in [6, 6.07) is 4.81. The van der Waals surface area contributed by atoms with Gasteiger partial charge in [-0.25, -0.2) is 4.79 Å². The average molecular weight is 356 g/mol. The van der Waals surface area contributed by atoms with Crippen molar-refractivity contribution in [1.29, 1.82) is 5.26 Å². The highest BCUT2D eigenvalue weighted by atomic mass is 35.5. The van der Waals surface area contributed by atoms with E-state index in [1.807, 2.05) is 6.07 Å². The smallest absolute Gasteiger partial charge is 0.412 e. The molecule has 0 fully saturated rings. The Hall–Kier alpha value is -1.85. The highest BCUT2D eigenvalue weighted by molar-refractivity contribution is 6.34. The lowest BCUT2D eigenvalue weighted by molar-refractivity contribution is 0.0636. The quantitative estimate of drug-likeness (QED) is 0.581. The van der Waals surface area contributed by atoms with Crippen LogP contribution in [0.25, 0.3) is 0 Å². The second kappa shape index (κ2) is 8.85. The number of aliphatic hydroxyl groups is 2. The van der Waals surface area contributed by atoms with E-state index in [2.05, 4.69) is 10.6 Å². The molecule has 1 aromatic rings. The fourth-order valence-electron chi connectivity index (χ4n) is 1.89. The van der Waals surface area contributed by atoms with E-state index in [4.69, 9.17) is 26.7 Å². The maximum atomic E-state index is 11.9. The van der Waals surface area contributed by atoms with Crippen LogP contribution in [0.15, 0.2) is 12.1 Å². The van der Waals surface area contributed by atoms with E-state index in [1.54, 1.807) is 20.8 Å². The summed E-state index contributed by atoms with van der Waals surface area (Å²) in [5.74, 6) is 0. The monoisotopic (exact) mass is 355 g/mol. The maximum absolute atomic E-state index is 11.9. The standard InChI is InChI=1S/C16H22ClN3O4/c1-16(2,3)24-15(23)20-12-7-10(8-18)6-11(14(12)17)13(22)9-19-4-5-21/h6-7,13,19,21-22H,4-5,9H2,1-3H3,(H,20,23). The number of nitriles is 1. The molecule has 0 saturated heterocycles. The summed E-state index contributed by atoms with van der Waals surface area (Å²) < 4.78 is 5.16. The molecule has 4 N–H and O–H groups in total. The lowest BCUT2D eigenvalue weighted by Gasteiger charge is -2.21. The third-order valence-corrected chi connectivity index (χ3v) is 3.27. The molecule has 24 heavy (non-hydrogen) atoms. The van der Waals surface area contributed by atoms with Crippen LogP contribution < -0.4 is 10.6 Å². The summed E-state index contributed by atoms with van der Waals surface area (Å²) in [4.78, 5) is 11.9. The highest BCUT2D eigenvalue weighted by Gasteiger charge is 2.20. The average Bonchev–Trinajstić information content (AvgIpc) is 2.47. The van der Waals surface area contributed by atoms with E-state index in [1.165, 1.54) is 12.1 Å². The van der Waals surface area contributed by atoms with Crippen LogP contribution in [0.2, 0.25) is 5.02 Å². The SMILES string of the molecule is CC(C)(C)OC(=O)Nc1cc(C#N)cc(C(O)CNCCO)c1Cl. The number of amides is 1. The van der Waals surface area contributed by atoms with E-state index in [-0.39, 0.29) is 29.4 Å². The zero-order valence-electron chi connectivity index (χ0n) is 13.9. The van der Waals surface area contributed by atoms with Crippen molar-refractivity contribution < 1.29 is 19.7 Å². The molecule has 0 spiro atoms. The van der Waals surface area contributed by atoms with Crippen LogP contribution in [0.5, 0.6) is 0 Å². The number of benzene rings is 1. The van der Waals surface area contributed by atoms with Crippen LogP contribution in [0.1, 0.15) is 38.0 Å². The Morgan fingerprint density at radius 1 is 1.46 bits per heavy atom. The number of nitrogens with one attached hydrogen (secondary N) is 2. The molecule has 0 heterocycles. The van der Waals surface area contributed by atoms with Gasteiger partial charge < -0.3 is 20.3 Å². The van der Waals surface area contributed by atoms with E-state index in [0.29, 0.717) is 12.1 Å². The van der Waals surface area contributed by atoms with Gasteiger partial charge in [-0.05, 0) is 32.9 Å².